The Bertz CT molecular complexity index is 706. The van der Waals surface area contributed by atoms with Crippen molar-refractivity contribution in [2.24, 2.45) is 22.7 Å². The number of carboxylic acid groups (broad SMARTS) is 1. The summed E-state index contributed by atoms with van der Waals surface area (Å²) in [4.78, 5) is 49.8. The number of ketones is 3. The molecule has 8 heteroatoms. The third-order valence-corrected chi connectivity index (χ3v) is 6.65. The van der Waals surface area contributed by atoms with E-state index in [2.05, 4.69) is 0 Å². The highest BCUT2D eigenvalue weighted by Gasteiger charge is 2.56. The summed E-state index contributed by atoms with van der Waals surface area (Å²) in [5.41, 5.74) is -3.11. The van der Waals surface area contributed by atoms with Gasteiger partial charge in [-0.25, -0.2) is 8.42 Å². The van der Waals surface area contributed by atoms with Crippen molar-refractivity contribution >= 4 is 33.2 Å². The van der Waals surface area contributed by atoms with Crippen molar-refractivity contribution in [1.82, 2.24) is 0 Å². The maximum atomic E-state index is 13.0. The van der Waals surface area contributed by atoms with Gasteiger partial charge in [0.2, 0.25) is 0 Å². The molecule has 0 saturated heterocycles. The first-order valence-electron chi connectivity index (χ1n) is 9.01. The molecule has 0 radical (unpaired) electrons. The minimum atomic E-state index is -3.27. The Balaban J connectivity index is 6.23. The average molecular weight is 405 g/mol. The fourth-order valence-corrected chi connectivity index (χ4v) is 4.33. The summed E-state index contributed by atoms with van der Waals surface area (Å²) in [6.45, 7) is 8.63. The summed E-state index contributed by atoms with van der Waals surface area (Å²) >= 11 is 0. The van der Waals surface area contributed by atoms with Crippen LogP contribution in [-0.4, -0.2) is 48.9 Å². The molecule has 3 atom stereocenters. The molecule has 0 bridgehead atoms. The van der Waals surface area contributed by atoms with Gasteiger partial charge in [-0.2, -0.15) is 0 Å². The van der Waals surface area contributed by atoms with Crippen molar-refractivity contribution in [2.45, 2.75) is 60.8 Å². The first-order chi connectivity index (χ1) is 12.0. The summed E-state index contributed by atoms with van der Waals surface area (Å²) in [5.74, 6) is -4.76. The Labute approximate surface area is 161 Å². The van der Waals surface area contributed by atoms with E-state index >= 15 is 0 Å². The molecule has 0 aliphatic carbocycles. The monoisotopic (exact) mass is 404 g/mol. The Morgan fingerprint density at radius 2 is 1.52 bits per heavy atom. The molecule has 0 aromatic rings. The quantitative estimate of drug-likeness (QED) is 0.529. The van der Waals surface area contributed by atoms with Crippen molar-refractivity contribution in [2.75, 3.05) is 12.0 Å². The van der Waals surface area contributed by atoms with Crippen LogP contribution in [0.1, 0.15) is 60.8 Å². The fraction of sp³-hybridized carbons (Fsp3) is 0.789. The van der Waals surface area contributed by atoms with Crippen molar-refractivity contribution in [3.63, 3.8) is 0 Å². The van der Waals surface area contributed by atoms with Crippen LogP contribution in [0.4, 0.5) is 0 Å². The zero-order chi connectivity index (χ0) is 21.8. The molecule has 156 valence electrons. The highest BCUT2D eigenvalue weighted by Crippen LogP contribution is 2.48. The van der Waals surface area contributed by atoms with Crippen LogP contribution in [0.25, 0.3) is 0 Å². The number of carbonyl (C=O) groups is 4. The van der Waals surface area contributed by atoms with Crippen molar-refractivity contribution < 1.29 is 32.7 Å². The molecule has 0 aromatic carbocycles. The van der Waals surface area contributed by atoms with Crippen molar-refractivity contribution in [3.8, 4) is 0 Å². The summed E-state index contributed by atoms with van der Waals surface area (Å²) in [5, 5.41) is 9.69. The molecule has 0 spiro atoms. The van der Waals surface area contributed by atoms with Gasteiger partial charge in [-0.3, -0.25) is 19.2 Å². The van der Waals surface area contributed by atoms with Crippen LogP contribution in [0.2, 0.25) is 0 Å². The maximum Gasteiger partial charge on any atom is 0.309 e. The Morgan fingerprint density at radius 1 is 1.04 bits per heavy atom. The molecule has 0 saturated carbocycles. The van der Waals surface area contributed by atoms with Gasteiger partial charge in [-0.15, -0.1) is 0 Å². The molecular formula is C19H32O7S. The molecular weight excluding hydrogens is 372 g/mol. The van der Waals surface area contributed by atoms with Gasteiger partial charge in [-0.1, -0.05) is 20.8 Å². The zero-order valence-electron chi connectivity index (χ0n) is 17.3. The number of sulfone groups is 1. The van der Waals surface area contributed by atoms with E-state index in [1.54, 1.807) is 13.8 Å². The fourth-order valence-electron chi connectivity index (χ4n) is 3.66. The Morgan fingerprint density at radius 3 is 1.85 bits per heavy atom. The highest BCUT2D eigenvalue weighted by molar-refractivity contribution is 7.90. The van der Waals surface area contributed by atoms with Crippen molar-refractivity contribution in [3.05, 3.63) is 0 Å². The van der Waals surface area contributed by atoms with Crippen LogP contribution in [-0.2, 0) is 29.0 Å². The normalized spacial score (nSPS) is 16.9. The van der Waals surface area contributed by atoms with Crippen LogP contribution in [0.5, 0.6) is 0 Å². The number of hydrogen-bond acceptors (Lipinski definition) is 6. The molecule has 0 aliphatic rings. The number of rotatable bonds is 12. The van der Waals surface area contributed by atoms with Gasteiger partial charge in [0.1, 0.15) is 27.2 Å². The van der Waals surface area contributed by atoms with E-state index in [9.17, 15) is 32.7 Å². The van der Waals surface area contributed by atoms with Gasteiger partial charge >= 0.3 is 5.97 Å². The minimum Gasteiger partial charge on any atom is -0.481 e. The molecule has 3 unspecified atom stereocenters. The van der Waals surface area contributed by atoms with E-state index in [1.807, 2.05) is 0 Å². The highest BCUT2D eigenvalue weighted by atomic mass is 32.2. The maximum absolute atomic E-state index is 13.0. The molecule has 0 aliphatic heterocycles. The van der Waals surface area contributed by atoms with Gasteiger partial charge in [0.25, 0.3) is 0 Å². The lowest BCUT2D eigenvalue weighted by Crippen LogP contribution is -2.54. The summed E-state index contributed by atoms with van der Waals surface area (Å²) in [7, 11) is -3.27. The lowest BCUT2D eigenvalue weighted by atomic mass is 9.55. The predicted molar refractivity (Wildman–Crippen MR) is 102 cm³/mol. The van der Waals surface area contributed by atoms with E-state index in [0.717, 1.165) is 6.26 Å². The number of carbonyl (C=O) groups excluding carboxylic acids is 3. The lowest BCUT2D eigenvalue weighted by Gasteiger charge is -2.45. The molecule has 0 amide bonds. The van der Waals surface area contributed by atoms with Crippen molar-refractivity contribution in [1.29, 1.82) is 0 Å². The SMILES string of the molecule is CCC(=O)C(C)C(C)(C(C)=O)C(C(=O)CCCS(C)(=O)=O)C(C)(C)C(=O)O. The zero-order valence-corrected chi connectivity index (χ0v) is 18.1. The third kappa shape index (κ3) is 5.96. The number of aliphatic carboxylic acids is 1. The van der Waals surface area contributed by atoms with E-state index in [4.69, 9.17) is 0 Å². The summed E-state index contributed by atoms with van der Waals surface area (Å²) in [6.07, 6.45) is 1.07. The molecule has 1 N–H and O–H groups in total. The topological polar surface area (TPSA) is 123 Å². The second-order valence-electron chi connectivity index (χ2n) is 8.04. The Hall–Kier alpha value is -1.57. The lowest BCUT2D eigenvalue weighted by molar-refractivity contribution is -0.165. The minimum absolute atomic E-state index is 0.0357. The Kier molecular flexibility index (Phi) is 8.55. The van der Waals surface area contributed by atoms with Gasteiger partial charge in [0.15, 0.2) is 0 Å². The standard InChI is InChI=1S/C19H32O7S/c1-8-14(21)12(2)19(6,13(3)20)16(18(4,5)17(23)24)15(22)10-9-11-27(7,25)26/h12,16H,8-11H2,1-7H3,(H,23,24). The average Bonchev–Trinajstić information content (AvgIpc) is 2.51. The molecule has 0 aromatic heterocycles. The smallest absolute Gasteiger partial charge is 0.309 e. The van der Waals surface area contributed by atoms with E-state index in [1.165, 1.54) is 27.7 Å². The van der Waals surface area contributed by atoms with E-state index in [0.29, 0.717) is 0 Å². The van der Waals surface area contributed by atoms with Crippen LogP contribution < -0.4 is 0 Å². The molecule has 0 heterocycles. The largest absolute Gasteiger partial charge is 0.481 e. The molecule has 0 fully saturated rings. The van der Waals surface area contributed by atoms with Crippen LogP contribution in [0.15, 0.2) is 0 Å². The summed E-state index contributed by atoms with van der Waals surface area (Å²) in [6, 6.07) is 0. The first kappa shape index (κ1) is 25.4. The summed E-state index contributed by atoms with van der Waals surface area (Å²) < 4.78 is 22.7. The van der Waals surface area contributed by atoms with Crippen LogP contribution >= 0.6 is 0 Å². The molecule has 7 nitrogen and oxygen atoms in total. The van der Waals surface area contributed by atoms with Gasteiger partial charge in [0, 0.05) is 36.3 Å². The van der Waals surface area contributed by atoms with E-state index < -0.39 is 50.0 Å². The van der Waals surface area contributed by atoms with Gasteiger partial charge in [-0.05, 0) is 27.2 Å². The second kappa shape index (κ2) is 9.08. The molecule has 27 heavy (non-hydrogen) atoms. The number of Topliss-reactive ketones (excluding diaryl/α,β-unsaturated/α-hetero) is 3. The van der Waals surface area contributed by atoms with Gasteiger partial charge < -0.3 is 5.11 Å². The molecule has 0 rings (SSSR count). The number of hydrogen-bond donors (Lipinski definition) is 1. The van der Waals surface area contributed by atoms with Crippen LogP contribution in [0, 0.1) is 22.7 Å². The van der Waals surface area contributed by atoms with E-state index in [-0.39, 0.29) is 30.8 Å². The van der Waals surface area contributed by atoms with Crippen LogP contribution in [0.3, 0.4) is 0 Å². The second-order valence-corrected chi connectivity index (χ2v) is 10.3. The van der Waals surface area contributed by atoms with Gasteiger partial charge in [0.05, 0.1) is 11.2 Å². The third-order valence-electron chi connectivity index (χ3n) is 5.62. The first-order valence-corrected chi connectivity index (χ1v) is 11.1. The predicted octanol–water partition coefficient (Wildman–Crippen LogP) is 2.32. The number of carboxylic acids is 1.